The summed E-state index contributed by atoms with van der Waals surface area (Å²) in [6.07, 6.45) is 0.871. The molecule has 2 aromatic rings. The summed E-state index contributed by atoms with van der Waals surface area (Å²) in [6, 6.07) is 9.13. The molecule has 0 fully saturated rings. The topological polar surface area (TPSA) is 51.1 Å². The van der Waals surface area contributed by atoms with Gasteiger partial charge in [-0.3, -0.25) is 9.59 Å². The number of rotatable bonds is 4. The number of nitrogens with zero attached hydrogens (tertiary/aromatic N) is 1. The van der Waals surface area contributed by atoms with Crippen molar-refractivity contribution in [3.05, 3.63) is 46.4 Å². The Morgan fingerprint density at radius 3 is 2.68 bits per heavy atom. The van der Waals surface area contributed by atoms with E-state index in [0.29, 0.717) is 24.2 Å². The number of fused-ring (bicyclic) bond motifs is 1. The quantitative estimate of drug-likeness (QED) is 0.913. The lowest BCUT2D eigenvalue weighted by atomic mass is 10.1. The Morgan fingerprint density at radius 1 is 1.26 bits per heavy atom. The first-order chi connectivity index (χ1) is 9.19. The lowest BCUT2D eigenvalue weighted by Gasteiger charge is -2.12. The molecule has 1 heterocycles. The zero-order valence-corrected chi connectivity index (χ0v) is 11.3. The fraction of sp³-hybridized carbons (Fsp3) is 0.333. The Morgan fingerprint density at radius 2 is 2.00 bits per heavy atom. The molecule has 1 aromatic heterocycles. The van der Waals surface area contributed by atoms with Crippen LogP contribution in [0.1, 0.15) is 30.8 Å². The van der Waals surface area contributed by atoms with Gasteiger partial charge in [-0.25, -0.2) is 0 Å². The standard InChI is InChI=1S/C15H18N2O2/c1-3-9-16-14(18)13-10-11-7-5-6-8-12(11)15(19)17(13)4-2/h5-8,10H,3-4,9H2,1-2H3,(H,16,18). The smallest absolute Gasteiger partial charge is 0.268 e. The van der Waals surface area contributed by atoms with Gasteiger partial charge in [0.2, 0.25) is 0 Å². The van der Waals surface area contributed by atoms with E-state index < -0.39 is 0 Å². The first kappa shape index (κ1) is 13.3. The highest BCUT2D eigenvalue weighted by Gasteiger charge is 2.13. The molecule has 0 spiro atoms. The maximum atomic E-state index is 12.3. The fourth-order valence-corrected chi connectivity index (χ4v) is 2.13. The zero-order chi connectivity index (χ0) is 13.8. The van der Waals surface area contributed by atoms with Crippen molar-refractivity contribution in [2.24, 2.45) is 0 Å². The van der Waals surface area contributed by atoms with Gasteiger partial charge in [-0.2, -0.15) is 0 Å². The van der Waals surface area contributed by atoms with Crippen LogP contribution in [-0.2, 0) is 6.54 Å². The number of aromatic nitrogens is 1. The lowest BCUT2D eigenvalue weighted by molar-refractivity contribution is 0.0943. The van der Waals surface area contributed by atoms with E-state index in [1.165, 1.54) is 4.57 Å². The van der Waals surface area contributed by atoms with E-state index in [1.807, 2.05) is 32.0 Å². The second-order valence-corrected chi connectivity index (χ2v) is 4.42. The van der Waals surface area contributed by atoms with Crippen LogP contribution in [0.2, 0.25) is 0 Å². The third-order valence-corrected chi connectivity index (χ3v) is 3.10. The first-order valence-electron chi connectivity index (χ1n) is 6.59. The zero-order valence-electron chi connectivity index (χ0n) is 11.3. The van der Waals surface area contributed by atoms with E-state index in [0.717, 1.165) is 11.8 Å². The van der Waals surface area contributed by atoms with Crippen LogP contribution in [0.3, 0.4) is 0 Å². The molecule has 1 aromatic carbocycles. The van der Waals surface area contributed by atoms with Gasteiger partial charge in [-0.05, 0) is 30.9 Å². The summed E-state index contributed by atoms with van der Waals surface area (Å²) < 4.78 is 1.52. The van der Waals surface area contributed by atoms with Crippen LogP contribution in [0.25, 0.3) is 10.8 Å². The number of carbonyl (C=O) groups is 1. The maximum Gasteiger partial charge on any atom is 0.268 e. The highest BCUT2D eigenvalue weighted by atomic mass is 16.2. The minimum atomic E-state index is -0.188. The molecule has 0 atom stereocenters. The lowest BCUT2D eigenvalue weighted by Crippen LogP contribution is -2.32. The Kier molecular flexibility index (Phi) is 4.00. The Balaban J connectivity index is 2.60. The van der Waals surface area contributed by atoms with Crippen molar-refractivity contribution in [3.8, 4) is 0 Å². The van der Waals surface area contributed by atoms with Crippen LogP contribution in [0.4, 0.5) is 0 Å². The van der Waals surface area contributed by atoms with Crippen molar-refractivity contribution in [2.75, 3.05) is 6.54 Å². The fourth-order valence-electron chi connectivity index (χ4n) is 2.13. The minimum absolute atomic E-state index is 0.109. The van der Waals surface area contributed by atoms with Crippen molar-refractivity contribution in [3.63, 3.8) is 0 Å². The monoisotopic (exact) mass is 258 g/mol. The molecule has 0 radical (unpaired) electrons. The summed E-state index contributed by atoms with van der Waals surface area (Å²) in [7, 11) is 0. The van der Waals surface area contributed by atoms with Crippen molar-refractivity contribution < 1.29 is 4.79 Å². The number of hydrogen-bond acceptors (Lipinski definition) is 2. The number of hydrogen-bond donors (Lipinski definition) is 1. The predicted molar refractivity (Wildman–Crippen MR) is 76.5 cm³/mol. The van der Waals surface area contributed by atoms with Gasteiger partial charge < -0.3 is 9.88 Å². The Hall–Kier alpha value is -2.10. The van der Waals surface area contributed by atoms with Crippen molar-refractivity contribution in [1.82, 2.24) is 9.88 Å². The molecule has 0 saturated carbocycles. The molecule has 0 saturated heterocycles. The van der Waals surface area contributed by atoms with Crippen molar-refractivity contribution in [1.29, 1.82) is 0 Å². The van der Waals surface area contributed by atoms with Gasteiger partial charge in [-0.1, -0.05) is 25.1 Å². The highest BCUT2D eigenvalue weighted by Crippen LogP contribution is 2.12. The SMILES string of the molecule is CCCNC(=O)c1cc2ccccc2c(=O)n1CC. The van der Waals surface area contributed by atoms with Crippen LogP contribution < -0.4 is 10.9 Å². The molecule has 0 aliphatic heterocycles. The predicted octanol–water partition coefficient (Wildman–Crippen LogP) is 2.16. The molecular formula is C15H18N2O2. The van der Waals surface area contributed by atoms with Gasteiger partial charge in [0, 0.05) is 18.5 Å². The highest BCUT2D eigenvalue weighted by molar-refractivity contribution is 5.96. The third kappa shape index (κ3) is 2.52. The van der Waals surface area contributed by atoms with Gasteiger partial charge in [0.05, 0.1) is 0 Å². The van der Waals surface area contributed by atoms with Crippen molar-refractivity contribution in [2.45, 2.75) is 26.8 Å². The first-order valence-corrected chi connectivity index (χ1v) is 6.59. The molecular weight excluding hydrogens is 240 g/mol. The van der Waals surface area contributed by atoms with Crippen LogP contribution in [0, 0.1) is 0 Å². The van der Waals surface area contributed by atoms with E-state index in [-0.39, 0.29) is 11.5 Å². The normalized spacial score (nSPS) is 10.6. The molecule has 19 heavy (non-hydrogen) atoms. The van der Waals surface area contributed by atoms with Crippen LogP contribution in [-0.4, -0.2) is 17.0 Å². The summed E-state index contributed by atoms with van der Waals surface area (Å²) >= 11 is 0. The number of carbonyl (C=O) groups excluding carboxylic acids is 1. The van der Waals surface area contributed by atoms with Gasteiger partial charge in [-0.15, -0.1) is 0 Å². The summed E-state index contributed by atoms with van der Waals surface area (Å²) in [5.74, 6) is -0.188. The van der Waals surface area contributed by atoms with Gasteiger partial charge >= 0.3 is 0 Å². The molecule has 0 aliphatic rings. The van der Waals surface area contributed by atoms with Gasteiger partial charge in [0.1, 0.15) is 5.69 Å². The number of nitrogens with one attached hydrogen (secondary N) is 1. The molecule has 1 N–H and O–H groups in total. The van der Waals surface area contributed by atoms with Crippen LogP contribution in [0.15, 0.2) is 35.1 Å². The summed E-state index contributed by atoms with van der Waals surface area (Å²) in [5, 5.41) is 4.27. The maximum absolute atomic E-state index is 12.3. The second-order valence-electron chi connectivity index (χ2n) is 4.42. The number of pyridine rings is 1. The van der Waals surface area contributed by atoms with E-state index in [1.54, 1.807) is 12.1 Å². The second kappa shape index (κ2) is 5.69. The molecule has 100 valence electrons. The van der Waals surface area contributed by atoms with Gasteiger partial charge in [0.25, 0.3) is 11.5 Å². The minimum Gasteiger partial charge on any atom is -0.351 e. The van der Waals surface area contributed by atoms with Crippen LogP contribution in [0.5, 0.6) is 0 Å². The molecule has 0 bridgehead atoms. The summed E-state index contributed by atoms with van der Waals surface area (Å²) in [5.41, 5.74) is 0.321. The van der Waals surface area contributed by atoms with E-state index in [2.05, 4.69) is 5.32 Å². The Bertz CT molecular complexity index is 659. The third-order valence-electron chi connectivity index (χ3n) is 3.10. The molecule has 1 amide bonds. The number of amides is 1. The van der Waals surface area contributed by atoms with Gasteiger partial charge in [0.15, 0.2) is 0 Å². The Labute approximate surface area is 112 Å². The molecule has 0 unspecified atom stereocenters. The molecule has 4 heteroatoms. The van der Waals surface area contributed by atoms with Crippen LogP contribution >= 0.6 is 0 Å². The molecule has 2 rings (SSSR count). The summed E-state index contributed by atoms with van der Waals surface area (Å²) in [4.78, 5) is 24.4. The average Bonchev–Trinajstić information content (AvgIpc) is 2.44. The van der Waals surface area contributed by atoms with E-state index in [4.69, 9.17) is 0 Å². The summed E-state index contributed by atoms with van der Waals surface area (Å²) in [6.45, 7) is 4.96. The number of benzene rings is 1. The van der Waals surface area contributed by atoms with E-state index in [9.17, 15) is 9.59 Å². The van der Waals surface area contributed by atoms with E-state index >= 15 is 0 Å². The average molecular weight is 258 g/mol. The van der Waals surface area contributed by atoms with Crippen molar-refractivity contribution >= 4 is 16.7 Å². The largest absolute Gasteiger partial charge is 0.351 e. The molecule has 4 nitrogen and oxygen atoms in total. The molecule has 0 aliphatic carbocycles.